The van der Waals surface area contributed by atoms with Crippen molar-refractivity contribution in [2.24, 2.45) is 23.7 Å². The number of para-hydroxylation sites is 1. The van der Waals surface area contributed by atoms with E-state index >= 15 is 0 Å². The molecule has 0 aromatic heterocycles. The van der Waals surface area contributed by atoms with Crippen LogP contribution in [0, 0.1) is 23.7 Å². The van der Waals surface area contributed by atoms with Crippen molar-refractivity contribution >= 4 is 33.5 Å². The topological polar surface area (TPSA) is 66.4 Å². The van der Waals surface area contributed by atoms with Crippen LogP contribution in [0.3, 0.4) is 0 Å². The number of aliphatic carboxylic acids is 1. The average molecular weight is 336 g/mol. The number of rotatable bonds is 3. The van der Waals surface area contributed by atoms with Crippen LogP contribution in [0.5, 0.6) is 0 Å². The molecule has 2 aliphatic carbocycles. The molecule has 2 aliphatic rings. The average Bonchev–Trinajstić information content (AvgIpc) is 3.01. The normalized spacial score (nSPS) is 30.4. The van der Waals surface area contributed by atoms with E-state index in [9.17, 15) is 14.7 Å². The Morgan fingerprint density at radius 1 is 1.15 bits per heavy atom. The Labute approximate surface area is 125 Å². The Morgan fingerprint density at radius 2 is 1.80 bits per heavy atom. The number of allylic oxidation sites excluding steroid dienone is 2. The number of hydrogen-bond acceptors (Lipinski definition) is 2. The van der Waals surface area contributed by atoms with Crippen molar-refractivity contribution in [1.29, 1.82) is 0 Å². The fourth-order valence-corrected chi connectivity index (χ4v) is 3.68. The number of amides is 1. The SMILES string of the molecule is O=C(Nc1ccccc1Br)[C@H]1[C@H](C(=O)O)[C@H]2C=C[C@@H]1C2. The Balaban J connectivity index is 1.82. The van der Waals surface area contributed by atoms with E-state index in [0.717, 1.165) is 10.9 Å². The molecule has 0 aliphatic heterocycles. The number of carboxylic acid groups (broad SMARTS) is 1. The first-order valence-corrected chi connectivity index (χ1v) is 7.34. The molecule has 2 bridgehead atoms. The van der Waals surface area contributed by atoms with E-state index in [1.54, 1.807) is 6.07 Å². The molecule has 1 fully saturated rings. The maximum absolute atomic E-state index is 12.4. The Morgan fingerprint density at radius 3 is 2.45 bits per heavy atom. The van der Waals surface area contributed by atoms with Gasteiger partial charge in [-0.15, -0.1) is 0 Å². The number of benzene rings is 1. The van der Waals surface area contributed by atoms with E-state index in [-0.39, 0.29) is 17.7 Å². The van der Waals surface area contributed by atoms with Crippen molar-refractivity contribution < 1.29 is 14.7 Å². The van der Waals surface area contributed by atoms with Gasteiger partial charge in [-0.05, 0) is 46.3 Å². The molecule has 0 unspecified atom stereocenters. The highest BCUT2D eigenvalue weighted by Gasteiger charge is 2.51. The molecule has 2 N–H and O–H groups in total. The summed E-state index contributed by atoms with van der Waals surface area (Å²) in [5.74, 6) is -2.13. The molecule has 4 atom stereocenters. The largest absolute Gasteiger partial charge is 0.481 e. The summed E-state index contributed by atoms with van der Waals surface area (Å²) >= 11 is 3.37. The molecular weight excluding hydrogens is 322 g/mol. The Bertz CT molecular complexity index is 599. The maximum Gasteiger partial charge on any atom is 0.307 e. The number of halogens is 1. The summed E-state index contributed by atoms with van der Waals surface area (Å²) in [5.41, 5.74) is 0.674. The van der Waals surface area contributed by atoms with Crippen molar-refractivity contribution in [2.45, 2.75) is 6.42 Å². The number of carbonyl (C=O) groups excluding carboxylic acids is 1. The van der Waals surface area contributed by atoms with Crippen LogP contribution in [-0.2, 0) is 9.59 Å². The second-order valence-electron chi connectivity index (χ2n) is 5.31. The van der Waals surface area contributed by atoms with Gasteiger partial charge in [0.25, 0.3) is 0 Å². The summed E-state index contributed by atoms with van der Waals surface area (Å²) in [7, 11) is 0. The molecule has 0 saturated heterocycles. The summed E-state index contributed by atoms with van der Waals surface area (Å²) in [6.07, 6.45) is 4.69. The first-order chi connectivity index (χ1) is 9.58. The number of fused-ring (bicyclic) bond motifs is 2. The van der Waals surface area contributed by atoms with E-state index in [2.05, 4.69) is 21.2 Å². The second-order valence-corrected chi connectivity index (χ2v) is 6.16. The van der Waals surface area contributed by atoms with Crippen molar-refractivity contribution in [3.8, 4) is 0 Å². The predicted octanol–water partition coefficient (Wildman–Crippen LogP) is 2.91. The molecule has 4 nitrogen and oxygen atoms in total. The molecule has 0 radical (unpaired) electrons. The fraction of sp³-hybridized carbons (Fsp3) is 0.333. The summed E-state index contributed by atoms with van der Waals surface area (Å²) in [6.45, 7) is 0. The van der Waals surface area contributed by atoms with Gasteiger partial charge in [-0.2, -0.15) is 0 Å². The number of anilines is 1. The third-order valence-corrected chi connectivity index (χ3v) is 4.87. The molecule has 0 heterocycles. The molecule has 5 heteroatoms. The van der Waals surface area contributed by atoms with Crippen molar-refractivity contribution in [1.82, 2.24) is 0 Å². The van der Waals surface area contributed by atoms with Gasteiger partial charge in [0.2, 0.25) is 5.91 Å². The molecule has 1 aromatic carbocycles. The summed E-state index contributed by atoms with van der Waals surface area (Å²) in [6, 6.07) is 7.32. The number of carbonyl (C=O) groups is 2. The quantitative estimate of drug-likeness (QED) is 0.834. The van der Waals surface area contributed by atoms with Crippen LogP contribution in [-0.4, -0.2) is 17.0 Å². The number of nitrogens with one attached hydrogen (secondary N) is 1. The Hall–Kier alpha value is -1.62. The van der Waals surface area contributed by atoms with Crippen LogP contribution in [0.2, 0.25) is 0 Å². The lowest BCUT2D eigenvalue weighted by atomic mass is 9.82. The van der Waals surface area contributed by atoms with E-state index in [1.165, 1.54) is 0 Å². The van der Waals surface area contributed by atoms with Crippen LogP contribution in [0.1, 0.15) is 6.42 Å². The van der Waals surface area contributed by atoms with E-state index in [0.29, 0.717) is 5.69 Å². The van der Waals surface area contributed by atoms with Crippen LogP contribution in [0.15, 0.2) is 40.9 Å². The minimum Gasteiger partial charge on any atom is -0.481 e. The third-order valence-electron chi connectivity index (χ3n) is 4.18. The molecule has 1 amide bonds. The molecule has 104 valence electrons. The minimum absolute atomic E-state index is 0.00698. The molecule has 1 saturated carbocycles. The highest BCUT2D eigenvalue weighted by Crippen LogP contribution is 2.48. The highest BCUT2D eigenvalue weighted by atomic mass is 79.9. The lowest BCUT2D eigenvalue weighted by Crippen LogP contribution is -2.36. The summed E-state index contributed by atoms with van der Waals surface area (Å²) < 4.78 is 0.791. The van der Waals surface area contributed by atoms with Gasteiger partial charge in [0, 0.05) is 4.47 Å². The third kappa shape index (κ3) is 2.16. The van der Waals surface area contributed by atoms with Crippen LogP contribution < -0.4 is 5.32 Å². The first kappa shape index (κ1) is 13.4. The van der Waals surface area contributed by atoms with Gasteiger partial charge in [0.05, 0.1) is 17.5 Å². The van der Waals surface area contributed by atoms with Gasteiger partial charge in [-0.3, -0.25) is 9.59 Å². The van der Waals surface area contributed by atoms with Crippen molar-refractivity contribution in [2.75, 3.05) is 5.32 Å². The molecular formula is C15H14BrNO3. The lowest BCUT2D eigenvalue weighted by Gasteiger charge is -2.24. The second kappa shape index (κ2) is 5.05. The fourth-order valence-electron chi connectivity index (χ4n) is 3.29. The zero-order chi connectivity index (χ0) is 14.3. The number of carboxylic acids is 1. The maximum atomic E-state index is 12.4. The summed E-state index contributed by atoms with van der Waals surface area (Å²) in [4.78, 5) is 23.8. The van der Waals surface area contributed by atoms with E-state index in [1.807, 2.05) is 30.4 Å². The summed E-state index contributed by atoms with van der Waals surface area (Å²) in [5, 5.41) is 12.2. The lowest BCUT2D eigenvalue weighted by molar-refractivity contribution is -0.146. The predicted molar refractivity (Wildman–Crippen MR) is 78.1 cm³/mol. The van der Waals surface area contributed by atoms with Gasteiger partial charge in [0.1, 0.15) is 0 Å². The standard InChI is InChI=1S/C15H14BrNO3/c16-10-3-1-2-4-11(10)17-14(18)12-8-5-6-9(7-8)13(12)15(19)20/h1-6,8-9,12-13H,7H2,(H,17,18)(H,19,20)/t8-,9+,12-,13-/m1/s1. The van der Waals surface area contributed by atoms with Crippen molar-refractivity contribution in [3.05, 3.63) is 40.9 Å². The number of hydrogen-bond donors (Lipinski definition) is 2. The molecule has 1 aromatic rings. The van der Waals surface area contributed by atoms with Crippen LogP contribution in [0.25, 0.3) is 0 Å². The molecule has 3 rings (SSSR count). The monoisotopic (exact) mass is 335 g/mol. The minimum atomic E-state index is -0.880. The Kier molecular flexibility index (Phi) is 3.38. The zero-order valence-electron chi connectivity index (χ0n) is 10.6. The van der Waals surface area contributed by atoms with Gasteiger partial charge < -0.3 is 10.4 Å². The first-order valence-electron chi connectivity index (χ1n) is 6.54. The van der Waals surface area contributed by atoms with Crippen molar-refractivity contribution in [3.63, 3.8) is 0 Å². The molecule has 20 heavy (non-hydrogen) atoms. The smallest absolute Gasteiger partial charge is 0.307 e. The van der Waals surface area contributed by atoms with E-state index in [4.69, 9.17) is 0 Å². The van der Waals surface area contributed by atoms with Gasteiger partial charge in [0.15, 0.2) is 0 Å². The van der Waals surface area contributed by atoms with Crippen LogP contribution in [0.4, 0.5) is 5.69 Å². The van der Waals surface area contributed by atoms with Gasteiger partial charge in [-0.25, -0.2) is 0 Å². The van der Waals surface area contributed by atoms with E-state index < -0.39 is 17.8 Å². The van der Waals surface area contributed by atoms with Gasteiger partial charge in [-0.1, -0.05) is 24.3 Å². The molecule has 0 spiro atoms. The van der Waals surface area contributed by atoms with Crippen LogP contribution >= 0.6 is 15.9 Å². The van der Waals surface area contributed by atoms with Gasteiger partial charge >= 0.3 is 5.97 Å². The highest BCUT2D eigenvalue weighted by molar-refractivity contribution is 9.10. The zero-order valence-corrected chi connectivity index (χ0v) is 12.2.